The fourth-order valence-corrected chi connectivity index (χ4v) is 2.48. The van der Waals surface area contributed by atoms with Gasteiger partial charge in [-0.3, -0.25) is 4.79 Å². The molecule has 0 aliphatic heterocycles. The average molecular weight is 258 g/mol. The average Bonchev–Trinajstić information content (AvgIpc) is 2.65. The number of para-hydroxylation sites is 1. The van der Waals surface area contributed by atoms with E-state index < -0.39 is 0 Å². The first-order valence-electron chi connectivity index (χ1n) is 6.93. The molecular formula is C16H22N2O. The minimum absolute atomic E-state index is 0.00722. The molecule has 0 saturated heterocycles. The molecule has 1 atom stereocenters. The molecule has 0 radical (unpaired) electrons. The Morgan fingerprint density at radius 1 is 1.37 bits per heavy atom. The van der Waals surface area contributed by atoms with Gasteiger partial charge >= 0.3 is 0 Å². The van der Waals surface area contributed by atoms with E-state index in [1.165, 1.54) is 5.56 Å². The third-order valence-corrected chi connectivity index (χ3v) is 3.69. The van der Waals surface area contributed by atoms with Crippen LogP contribution in [0.2, 0.25) is 0 Å². The molecule has 3 nitrogen and oxygen atoms in total. The molecule has 2 aromatic rings. The van der Waals surface area contributed by atoms with Crippen molar-refractivity contribution in [3.8, 4) is 0 Å². The fraction of sp³-hybridized carbons (Fsp3) is 0.438. The van der Waals surface area contributed by atoms with Gasteiger partial charge in [0.1, 0.15) is 0 Å². The Kier molecular flexibility index (Phi) is 3.93. The number of H-pyrrole nitrogens is 1. The molecule has 1 heterocycles. The van der Waals surface area contributed by atoms with E-state index in [4.69, 9.17) is 0 Å². The number of aromatic amines is 1. The van der Waals surface area contributed by atoms with E-state index in [0.29, 0.717) is 0 Å². The molecule has 1 aromatic heterocycles. The lowest BCUT2D eigenvalue weighted by Gasteiger charge is -2.13. The Balaban J connectivity index is 2.35. The number of carbonyl (C=O) groups is 1. The first-order valence-corrected chi connectivity index (χ1v) is 6.93. The SMILES string of the molecule is CCCC(C)NC(=O)c1cccc2c(C)c(C)[nH]c12. The summed E-state index contributed by atoms with van der Waals surface area (Å²) in [5.41, 5.74) is 4.01. The maximum absolute atomic E-state index is 12.3. The number of nitrogens with one attached hydrogen (secondary N) is 2. The molecule has 2 rings (SSSR count). The molecule has 0 saturated carbocycles. The van der Waals surface area contributed by atoms with Gasteiger partial charge in [-0.1, -0.05) is 25.5 Å². The van der Waals surface area contributed by atoms with E-state index in [9.17, 15) is 4.79 Å². The van der Waals surface area contributed by atoms with Crippen LogP contribution in [0.3, 0.4) is 0 Å². The normalized spacial score (nSPS) is 12.6. The topological polar surface area (TPSA) is 44.9 Å². The summed E-state index contributed by atoms with van der Waals surface area (Å²) in [4.78, 5) is 15.7. The van der Waals surface area contributed by atoms with Gasteiger partial charge in [-0.15, -0.1) is 0 Å². The second-order valence-corrected chi connectivity index (χ2v) is 5.27. The van der Waals surface area contributed by atoms with Crippen LogP contribution in [-0.2, 0) is 0 Å². The lowest BCUT2D eigenvalue weighted by Crippen LogP contribution is -2.32. The predicted octanol–water partition coefficient (Wildman–Crippen LogP) is 3.70. The molecule has 1 aromatic carbocycles. The van der Waals surface area contributed by atoms with Gasteiger partial charge in [0.05, 0.1) is 11.1 Å². The summed E-state index contributed by atoms with van der Waals surface area (Å²) in [6, 6.07) is 6.10. The van der Waals surface area contributed by atoms with Gasteiger partial charge in [0.2, 0.25) is 0 Å². The van der Waals surface area contributed by atoms with E-state index in [-0.39, 0.29) is 11.9 Å². The molecule has 0 aliphatic carbocycles. The number of hydrogen-bond acceptors (Lipinski definition) is 1. The summed E-state index contributed by atoms with van der Waals surface area (Å²) < 4.78 is 0. The van der Waals surface area contributed by atoms with Crippen molar-refractivity contribution in [2.24, 2.45) is 0 Å². The van der Waals surface area contributed by atoms with E-state index in [1.54, 1.807) is 0 Å². The van der Waals surface area contributed by atoms with Gasteiger partial charge in [0, 0.05) is 17.1 Å². The van der Waals surface area contributed by atoms with Gasteiger partial charge in [-0.05, 0) is 38.8 Å². The van der Waals surface area contributed by atoms with Crippen LogP contribution in [0.15, 0.2) is 18.2 Å². The molecule has 0 spiro atoms. The van der Waals surface area contributed by atoms with E-state index in [1.807, 2.05) is 26.0 Å². The van der Waals surface area contributed by atoms with Crippen LogP contribution in [0.1, 0.15) is 48.3 Å². The van der Waals surface area contributed by atoms with Crippen LogP contribution in [-0.4, -0.2) is 16.9 Å². The number of aromatic nitrogens is 1. The maximum atomic E-state index is 12.3. The van der Waals surface area contributed by atoms with Crippen molar-refractivity contribution in [3.05, 3.63) is 35.0 Å². The predicted molar refractivity (Wildman–Crippen MR) is 79.6 cm³/mol. The number of aryl methyl sites for hydroxylation is 2. The highest BCUT2D eigenvalue weighted by atomic mass is 16.1. The van der Waals surface area contributed by atoms with Crippen molar-refractivity contribution >= 4 is 16.8 Å². The standard InChI is InChI=1S/C16H22N2O/c1-5-7-10(2)17-16(19)14-9-6-8-13-11(3)12(4)18-15(13)14/h6,8-10,18H,5,7H2,1-4H3,(H,17,19). The molecule has 102 valence electrons. The second-order valence-electron chi connectivity index (χ2n) is 5.27. The van der Waals surface area contributed by atoms with Crippen LogP contribution in [0.4, 0.5) is 0 Å². The highest BCUT2D eigenvalue weighted by Crippen LogP contribution is 2.24. The lowest BCUT2D eigenvalue weighted by molar-refractivity contribution is 0.0940. The third-order valence-electron chi connectivity index (χ3n) is 3.69. The highest BCUT2D eigenvalue weighted by molar-refractivity contribution is 6.06. The minimum Gasteiger partial charge on any atom is -0.358 e. The Morgan fingerprint density at radius 3 is 2.79 bits per heavy atom. The van der Waals surface area contributed by atoms with E-state index in [2.05, 4.69) is 30.2 Å². The van der Waals surface area contributed by atoms with Gasteiger partial charge in [0.25, 0.3) is 5.91 Å². The largest absolute Gasteiger partial charge is 0.358 e. The maximum Gasteiger partial charge on any atom is 0.253 e. The van der Waals surface area contributed by atoms with Crippen LogP contribution >= 0.6 is 0 Å². The summed E-state index contributed by atoms with van der Waals surface area (Å²) in [7, 11) is 0. The van der Waals surface area contributed by atoms with Crippen LogP contribution in [0.25, 0.3) is 10.9 Å². The molecule has 0 aliphatic rings. The number of fused-ring (bicyclic) bond motifs is 1. The van der Waals surface area contributed by atoms with Gasteiger partial charge in [-0.2, -0.15) is 0 Å². The lowest BCUT2D eigenvalue weighted by atomic mass is 10.1. The van der Waals surface area contributed by atoms with E-state index >= 15 is 0 Å². The van der Waals surface area contributed by atoms with Crippen LogP contribution in [0.5, 0.6) is 0 Å². The number of benzene rings is 1. The number of amides is 1. The Labute approximate surface area is 114 Å². The van der Waals surface area contributed by atoms with Crippen molar-refractivity contribution in [2.45, 2.75) is 46.6 Å². The molecule has 1 unspecified atom stereocenters. The molecule has 0 bridgehead atoms. The smallest absolute Gasteiger partial charge is 0.253 e. The van der Waals surface area contributed by atoms with Crippen molar-refractivity contribution in [1.82, 2.24) is 10.3 Å². The Bertz CT molecular complexity index is 598. The Hall–Kier alpha value is -1.77. The summed E-state index contributed by atoms with van der Waals surface area (Å²) in [6.07, 6.45) is 2.08. The summed E-state index contributed by atoms with van der Waals surface area (Å²) in [5, 5.41) is 4.19. The first kappa shape index (κ1) is 13.7. The number of hydrogen-bond donors (Lipinski definition) is 2. The zero-order valence-corrected chi connectivity index (χ0v) is 12.1. The van der Waals surface area contributed by atoms with Crippen LogP contribution < -0.4 is 5.32 Å². The first-order chi connectivity index (χ1) is 9.04. The summed E-state index contributed by atoms with van der Waals surface area (Å²) in [5.74, 6) is 0.00722. The van der Waals surface area contributed by atoms with Gasteiger partial charge in [0.15, 0.2) is 0 Å². The van der Waals surface area contributed by atoms with E-state index in [0.717, 1.165) is 35.0 Å². The summed E-state index contributed by atoms with van der Waals surface area (Å²) in [6.45, 7) is 8.29. The number of carbonyl (C=O) groups excluding carboxylic acids is 1. The zero-order chi connectivity index (χ0) is 14.0. The van der Waals surface area contributed by atoms with Crippen molar-refractivity contribution in [3.63, 3.8) is 0 Å². The molecule has 0 fully saturated rings. The third kappa shape index (κ3) is 2.65. The quantitative estimate of drug-likeness (QED) is 0.863. The molecule has 2 N–H and O–H groups in total. The Morgan fingerprint density at radius 2 is 2.11 bits per heavy atom. The van der Waals surface area contributed by atoms with Crippen molar-refractivity contribution in [1.29, 1.82) is 0 Å². The minimum atomic E-state index is 0.00722. The molecule has 19 heavy (non-hydrogen) atoms. The molecule has 1 amide bonds. The molecule has 3 heteroatoms. The zero-order valence-electron chi connectivity index (χ0n) is 12.1. The second kappa shape index (κ2) is 5.47. The highest BCUT2D eigenvalue weighted by Gasteiger charge is 2.15. The van der Waals surface area contributed by atoms with Crippen LogP contribution in [0, 0.1) is 13.8 Å². The molecular weight excluding hydrogens is 236 g/mol. The van der Waals surface area contributed by atoms with Crippen molar-refractivity contribution in [2.75, 3.05) is 0 Å². The summed E-state index contributed by atoms with van der Waals surface area (Å²) >= 11 is 0. The number of rotatable bonds is 4. The fourth-order valence-electron chi connectivity index (χ4n) is 2.48. The monoisotopic (exact) mass is 258 g/mol. The van der Waals surface area contributed by atoms with Crippen molar-refractivity contribution < 1.29 is 4.79 Å². The van der Waals surface area contributed by atoms with Gasteiger partial charge < -0.3 is 10.3 Å². The van der Waals surface area contributed by atoms with Gasteiger partial charge in [-0.25, -0.2) is 0 Å².